The van der Waals surface area contributed by atoms with Gasteiger partial charge in [-0.25, -0.2) is 4.98 Å². The number of oxazole rings is 1. The molecule has 1 amide bonds. The summed E-state index contributed by atoms with van der Waals surface area (Å²) in [6.45, 7) is 6.31. The van der Waals surface area contributed by atoms with Gasteiger partial charge in [0.15, 0.2) is 11.7 Å². The summed E-state index contributed by atoms with van der Waals surface area (Å²) in [5.74, 6) is 2.30. The lowest BCUT2D eigenvalue weighted by atomic mass is 9.99. The van der Waals surface area contributed by atoms with Gasteiger partial charge in [0.25, 0.3) is 0 Å². The molecule has 32 heavy (non-hydrogen) atoms. The normalized spacial score (nSPS) is 16.7. The van der Waals surface area contributed by atoms with Gasteiger partial charge in [-0.2, -0.15) is 0 Å². The number of amides is 1. The Morgan fingerprint density at radius 2 is 1.91 bits per heavy atom. The molecule has 0 aliphatic carbocycles. The Morgan fingerprint density at radius 3 is 2.69 bits per heavy atom. The molecule has 1 unspecified atom stereocenters. The number of rotatable bonds is 9. The largest absolute Gasteiger partial charge is 0.441 e. The molecule has 0 spiro atoms. The molecule has 1 fully saturated rings. The number of hydrogen-bond donors (Lipinski definition) is 1. The van der Waals surface area contributed by atoms with Gasteiger partial charge in [0.2, 0.25) is 5.91 Å². The molecule has 5 nitrogen and oxygen atoms in total. The van der Waals surface area contributed by atoms with Crippen molar-refractivity contribution in [2.45, 2.75) is 52.1 Å². The fourth-order valence-electron chi connectivity index (χ4n) is 4.30. The zero-order valence-corrected chi connectivity index (χ0v) is 18.9. The fourth-order valence-corrected chi connectivity index (χ4v) is 4.30. The number of nitrogens with zero attached hydrogens (tertiary/aromatic N) is 2. The van der Waals surface area contributed by atoms with Crippen molar-refractivity contribution >= 4 is 5.91 Å². The standard InChI is InChI=1S/C27H33N3O2/c1-21-7-6-16-30(19-21)20-23-14-12-22(13-15-23)17-28-26(31)10-5-11-27-29-18-25(32-27)24-8-3-2-4-9-24/h2-4,8-9,12-15,18,21H,5-7,10-11,16-17,19-20H2,1H3,(H,28,31). The van der Waals surface area contributed by atoms with E-state index in [1.807, 2.05) is 30.3 Å². The molecule has 2 heterocycles. The van der Waals surface area contributed by atoms with E-state index in [-0.39, 0.29) is 5.91 Å². The van der Waals surface area contributed by atoms with Gasteiger partial charge in [-0.1, -0.05) is 61.5 Å². The molecule has 0 saturated carbocycles. The van der Waals surface area contributed by atoms with Gasteiger partial charge in [-0.3, -0.25) is 9.69 Å². The number of aryl methyl sites for hydroxylation is 1. The number of carbonyl (C=O) groups is 1. The number of nitrogens with one attached hydrogen (secondary N) is 1. The predicted molar refractivity (Wildman–Crippen MR) is 127 cm³/mol. The number of piperidine rings is 1. The van der Waals surface area contributed by atoms with Crippen LogP contribution < -0.4 is 5.32 Å². The number of hydrogen-bond acceptors (Lipinski definition) is 4. The van der Waals surface area contributed by atoms with Gasteiger partial charge >= 0.3 is 0 Å². The van der Waals surface area contributed by atoms with Crippen LogP contribution in [-0.2, 0) is 24.3 Å². The van der Waals surface area contributed by atoms with Crippen LogP contribution in [0.2, 0.25) is 0 Å². The van der Waals surface area contributed by atoms with Crippen molar-refractivity contribution in [2.24, 2.45) is 5.92 Å². The first-order chi connectivity index (χ1) is 15.7. The van der Waals surface area contributed by atoms with E-state index in [1.54, 1.807) is 6.20 Å². The maximum Gasteiger partial charge on any atom is 0.220 e. The van der Waals surface area contributed by atoms with Gasteiger partial charge in [0.1, 0.15) is 0 Å². The SMILES string of the molecule is CC1CCCN(Cc2ccc(CNC(=O)CCCc3ncc(-c4ccccc4)o3)cc2)C1. The highest BCUT2D eigenvalue weighted by molar-refractivity contribution is 5.75. The van der Waals surface area contributed by atoms with Crippen LogP contribution in [0.15, 0.2) is 65.2 Å². The van der Waals surface area contributed by atoms with Crippen LogP contribution in [0.3, 0.4) is 0 Å². The molecule has 1 N–H and O–H groups in total. The van der Waals surface area contributed by atoms with E-state index in [0.717, 1.165) is 29.3 Å². The van der Waals surface area contributed by atoms with Crippen molar-refractivity contribution in [3.63, 3.8) is 0 Å². The Bertz CT molecular complexity index is 982. The van der Waals surface area contributed by atoms with Gasteiger partial charge in [0.05, 0.1) is 6.20 Å². The zero-order chi connectivity index (χ0) is 22.2. The molecule has 1 atom stereocenters. The Hall–Kier alpha value is -2.92. The molecule has 5 heteroatoms. The molecule has 3 aromatic rings. The van der Waals surface area contributed by atoms with Crippen molar-refractivity contribution in [3.05, 3.63) is 77.8 Å². The van der Waals surface area contributed by atoms with Gasteiger partial charge in [-0.05, 0) is 42.9 Å². The van der Waals surface area contributed by atoms with Crippen LogP contribution >= 0.6 is 0 Å². The molecule has 1 aliphatic heterocycles. The van der Waals surface area contributed by atoms with E-state index in [9.17, 15) is 4.79 Å². The maximum atomic E-state index is 12.2. The first-order valence-electron chi connectivity index (χ1n) is 11.7. The van der Waals surface area contributed by atoms with E-state index in [0.29, 0.717) is 31.7 Å². The number of likely N-dealkylation sites (tertiary alicyclic amines) is 1. The average molecular weight is 432 g/mol. The lowest BCUT2D eigenvalue weighted by Gasteiger charge is -2.30. The summed E-state index contributed by atoms with van der Waals surface area (Å²) in [5, 5.41) is 3.02. The highest BCUT2D eigenvalue weighted by Crippen LogP contribution is 2.21. The molecule has 4 rings (SSSR count). The summed E-state index contributed by atoms with van der Waals surface area (Å²) >= 11 is 0. The summed E-state index contributed by atoms with van der Waals surface area (Å²) in [7, 11) is 0. The van der Waals surface area contributed by atoms with Crippen molar-refractivity contribution < 1.29 is 9.21 Å². The summed E-state index contributed by atoms with van der Waals surface area (Å²) in [6, 6.07) is 18.6. The first-order valence-corrected chi connectivity index (χ1v) is 11.7. The lowest BCUT2D eigenvalue weighted by Crippen LogP contribution is -2.33. The quantitative estimate of drug-likeness (QED) is 0.505. The predicted octanol–water partition coefficient (Wildman–Crippen LogP) is 5.21. The van der Waals surface area contributed by atoms with E-state index in [2.05, 4.69) is 46.4 Å². The molecule has 0 radical (unpaired) electrons. The summed E-state index contributed by atoms with van der Waals surface area (Å²) in [5.41, 5.74) is 3.49. The van der Waals surface area contributed by atoms with Crippen molar-refractivity contribution in [1.82, 2.24) is 15.2 Å². The Balaban J connectivity index is 1.16. The highest BCUT2D eigenvalue weighted by atomic mass is 16.4. The average Bonchev–Trinajstić information content (AvgIpc) is 3.28. The third-order valence-corrected chi connectivity index (χ3v) is 6.07. The first kappa shape index (κ1) is 22.3. The summed E-state index contributed by atoms with van der Waals surface area (Å²) in [6.07, 6.45) is 6.24. The third-order valence-electron chi connectivity index (χ3n) is 6.07. The van der Waals surface area contributed by atoms with Crippen LogP contribution in [-0.4, -0.2) is 28.9 Å². The molecule has 1 saturated heterocycles. The topological polar surface area (TPSA) is 58.4 Å². The van der Waals surface area contributed by atoms with Crippen LogP contribution in [0.5, 0.6) is 0 Å². The Labute approximate surface area is 190 Å². The van der Waals surface area contributed by atoms with Crippen LogP contribution in [0, 0.1) is 5.92 Å². The molecule has 1 aromatic heterocycles. The zero-order valence-electron chi connectivity index (χ0n) is 18.9. The van der Waals surface area contributed by atoms with Crippen molar-refractivity contribution in [3.8, 4) is 11.3 Å². The van der Waals surface area contributed by atoms with Gasteiger partial charge < -0.3 is 9.73 Å². The summed E-state index contributed by atoms with van der Waals surface area (Å²) in [4.78, 5) is 19.1. The third kappa shape index (κ3) is 6.54. The Kier molecular flexibility index (Phi) is 7.73. The number of aromatic nitrogens is 1. The highest BCUT2D eigenvalue weighted by Gasteiger charge is 2.16. The van der Waals surface area contributed by atoms with Crippen LogP contribution in [0.4, 0.5) is 0 Å². The monoisotopic (exact) mass is 431 g/mol. The van der Waals surface area contributed by atoms with E-state index < -0.39 is 0 Å². The smallest absolute Gasteiger partial charge is 0.220 e. The van der Waals surface area contributed by atoms with Gasteiger partial charge in [-0.15, -0.1) is 0 Å². The molecule has 1 aliphatic rings. The molecular formula is C27H33N3O2. The molecule has 0 bridgehead atoms. The second-order valence-corrected chi connectivity index (χ2v) is 8.91. The second-order valence-electron chi connectivity index (χ2n) is 8.91. The fraction of sp³-hybridized carbons (Fsp3) is 0.407. The number of benzene rings is 2. The second kappa shape index (κ2) is 11.1. The maximum absolute atomic E-state index is 12.2. The molecule has 2 aromatic carbocycles. The number of carbonyl (C=O) groups excluding carboxylic acids is 1. The van der Waals surface area contributed by atoms with Crippen molar-refractivity contribution in [2.75, 3.05) is 13.1 Å². The minimum atomic E-state index is 0.0613. The van der Waals surface area contributed by atoms with E-state index >= 15 is 0 Å². The van der Waals surface area contributed by atoms with Crippen LogP contribution in [0.1, 0.15) is 49.6 Å². The molecule has 168 valence electrons. The molecular weight excluding hydrogens is 398 g/mol. The minimum Gasteiger partial charge on any atom is -0.441 e. The van der Waals surface area contributed by atoms with Gasteiger partial charge in [0, 0.05) is 38.0 Å². The van der Waals surface area contributed by atoms with Crippen molar-refractivity contribution in [1.29, 1.82) is 0 Å². The lowest BCUT2D eigenvalue weighted by molar-refractivity contribution is -0.121. The van der Waals surface area contributed by atoms with E-state index in [4.69, 9.17) is 4.42 Å². The minimum absolute atomic E-state index is 0.0613. The van der Waals surface area contributed by atoms with Crippen LogP contribution in [0.25, 0.3) is 11.3 Å². The summed E-state index contributed by atoms with van der Waals surface area (Å²) < 4.78 is 5.81. The Morgan fingerprint density at radius 1 is 1.12 bits per heavy atom. The van der Waals surface area contributed by atoms with E-state index in [1.165, 1.54) is 31.5 Å².